The average molecular weight is 141 g/mol. The van der Waals surface area contributed by atoms with Gasteiger partial charge in [-0.25, -0.2) is 0 Å². The van der Waals surface area contributed by atoms with Crippen molar-refractivity contribution in [2.75, 3.05) is 6.54 Å². The summed E-state index contributed by atoms with van der Waals surface area (Å²) in [5.74, 6) is 1.04. The molecule has 0 radical (unpaired) electrons. The van der Waals surface area contributed by atoms with Gasteiger partial charge in [0.15, 0.2) is 0 Å². The highest BCUT2D eigenvalue weighted by Gasteiger charge is 2.57. The Balaban J connectivity index is 2.07. The number of carboxylic acid groups (broad SMARTS) is 1. The first kappa shape index (κ1) is 6.16. The minimum Gasteiger partial charge on any atom is -0.480 e. The molecule has 0 bridgehead atoms. The number of hydrogen-bond donors (Lipinski definition) is 2. The number of carboxylic acids is 1. The van der Waals surface area contributed by atoms with E-state index in [-0.39, 0.29) is 6.04 Å². The summed E-state index contributed by atoms with van der Waals surface area (Å²) in [4.78, 5) is 10.5. The number of aliphatic carboxylic acids is 1. The Labute approximate surface area is 59.4 Å². The molecule has 4 atom stereocenters. The Bertz CT molecular complexity index is 180. The van der Waals surface area contributed by atoms with Crippen LogP contribution >= 0.6 is 0 Å². The van der Waals surface area contributed by atoms with E-state index >= 15 is 0 Å². The Hall–Kier alpha value is -0.570. The molecule has 10 heavy (non-hydrogen) atoms. The fourth-order valence-corrected chi connectivity index (χ4v) is 2.10. The molecule has 3 nitrogen and oxygen atoms in total. The first-order valence-electron chi connectivity index (χ1n) is 3.68. The van der Waals surface area contributed by atoms with E-state index in [1.54, 1.807) is 0 Å². The van der Waals surface area contributed by atoms with Crippen LogP contribution in [0, 0.1) is 17.8 Å². The Morgan fingerprint density at radius 3 is 2.70 bits per heavy atom. The molecule has 0 amide bonds. The third kappa shape index (κ3) is 0.611. The van der Waals surface area contributed by atoms with Crippen molar-refractivity contribution >= 4 is 5.97 Å². The standard InChI is InChI=1S/C7H11NO2/c1-3-4-2-8-6(5(3)4)7(9)10/h3-6,8H,2H2,1H3,(H,9,10). The van der Waals surface area contributed by atoms with Crippen molar-refractivity contribution in [2.45, 2.75) is 13.0 Å². The first-order valence-corrected chi connectivity index (χ1v) is 3.68. The van der Waals surface area contributed by atoms with Gasteiger partial charge < -0.3 is 10.4 Å². The highest BCUT2D eigenvalue weighted by Crippen LogP contribution is 2.51. The van der Waals surface area contributed by atoms with Crippen LogP contribution < -0.4 is 5.32 Å². The van der Waals surface area contributed by atoms with Crippen molar-refractivity contribution in [2.24, 2.45) is 17.8 Å². The second kappa shape index (κ2) is 1.72. The summed E-state index contributed by atoms with van der Waals surface area (Å²) in [6.07, 6.45) is 0. The maximum atomic E-state index is 10.5. The van der Waals surface area contributed by atoms with E-state index in [0.717, 1.165) is 6.54 Å². The molecule has 2 fully saturated rings. The second-order valence-corrected chi connectivity index (χ2v) is 3.32. The quantitative estimate of drug-likeness (QED) is 0.537. The molecule has 1 heterocycles. The topological polar surface area (TPSA) is 49.3 Å². The van der Waals surface area contributed by atoms with Crippen LogP contribution in [0.2, 0.25) is 0 Å². The molecule has 0 aromatic heterocycles. The zero-order chi connectivity index (χ0) is 7.30. The van der Waals surface area contributed by atoms with Gasteiger partial charge in [0.2, 0.25) is 0 Å². The van der Waals surface area contributed by atoms with E-state index in [2.05, 4.69) is 12.2 Å². The fourth-order valence-electron chi connectivity index (χ4n) is 2.10. The van der Waals surface area contributed by atoms with Gasteiger partial charge in [-0.3, -0.25) is 4.79 Å². The van der Waals surface area contributed by atoms with Gasteiger partial charge in [-0.05, 0) is 24.3 Å². The maximum Gasteiger partial charge on any atom is 0.321 e. The fraction of sp³-hybridized carbons (Fsp3) is 0.857. The minimum absolute atomic E-state index is 0.250. The predicted octanol–water partition coefficient (Wildman–Crippen LogP) is -0.0751. The van der Waals surface area contributed by atoms with Gasteiger partial charge in [-0.15, -0.1) is 0 Å². The van der Waals surface area contributed by atoms with Gasteiger partial charge in [-0.2, -0.15) is 0 Å². The molecule has 0 aromatic carbocycles. The Morgan fingerprint density at radius 2 is 2.40 bits per heavy atom. The van der Waals surface area contributed by atoms with Gasteiger partial charge in [0.1, 0.15) is 6.04 Å². The molecule has 2 N–H and O–H groups in total. The Kier molecular flexibility index (Phi) is 1.06. The molecule has 4 unspecified atom stereocenters. The number of carbonyl (C=O) groups is 1. The van der Waals surface area contributed by atoms with E-state index in [1.807, 2.05) is 0 Å². The highest BCUT2D eigenvalue weighted by molar-refractivity contribution is 5.75. The van der Waals surface area contributed by atoms with Crippen LogP contribution in [0.15, 0.2) is 0 Å². The van der Waals surface area contributed by atoms with E-state index in [0.29, 0.717) is 17.8 Å². The summed E-state index contributed by atoms with van der Waals surface area (Å²) in [6.45, 7) is 3.04. The summed E-state index contributed by atoms with van der Waals surface area (Å²) < 4.78 is 0. The van der Waals surface area contributed by atoms with Gasteiger partial charge in [0.05, 0.1) is 0 Å². The number of fused-ring (bicyclic) bond motifs is 1. The summed E-state index contributed by atoms with van der Waals surface area (Å²) in [7, 11) is 0. The molecule has 3 heteroatoms. The number of rotatable bonds is 1. The summed E-state index contributed by atoms with van der Waals surface area (Å²) in [5.41, 5.74) is 0. The van der Waals surface area contributed by atoms with Crippen molar-refractivity contribution in [1.29, 1.82) is 0 Å². The van der Waals surface area contributed by atoms with Crippen molar-refractivity contribution in [3.05, 3.63) is 0 Å². The first-order chi connectivity index (χ1) is 4.72. The van der Waals surface area contributed by atoms with Crippen LogP contribution in [0.1, 0.15) is 6.92 Å². The smallest absolute Gasteiger partial charge is 0.321 e. The Morgan fingerprint density at radius 1 is 1.70 bits per heavy atom. The molecule has 0 spiro atoms. The van der Waals surface area contributed by atoms with Gasteiger partial charge in [0, 0.05) is 0 Å². The number of piperidine rings is 1. The van der Waals surface area contributed by atoms with E-state index < -0.39 is 5.97 Å². The normalized spacial score (nSPS) is 50.5. The minimum atomic E-state index is -0.683. The molecule has 1 saturated carbocycles. The summed E-state index contributed by atoms with van der Waals surface area (Å²) in [6, 6.07) is -0.250. The second-order valence-electron chi connectivity index (χ2n) is 3.32. The van der Waals surface area contributed by atoms with Crippen LogP contribution in [0.5, 0.6) is 0 Å². The lowest BCUT2D eigenvalue weighted by molar-refractivity contribution is -0.139. The van der Waals surface area contributed by atoms with E-state index in [9.17, 15) is 4.79 Å². The van der Waals surface area contributed by atoms with Crippen LogP contribution in [-0.4, -0.2) is 23.7 Å². The van der Waals surface area contributed by atoms with Gasteiger partial charge in [-0.1, -0.05) is 6.92 Å². The lowest BCUT2D eigenvalue weighted by atomic mass is 10.2. The lowest BCUT2D eigenvalue weighted by Crippen LogP contribution is -2.35. The summed E-state index contributed by atoms with van der Waals surface area (Å²) in [5, 5.41) is 11.7. The maximum absolute atomic E-state index is 10.5. The average Bonchev–Trinajstić information content (AvgIpc) is 2.42. The zero-order valence-corrected chi connectivity index (χ0v) is 5.87. The van der Waals surface area contributed by atoms with Gasteiger partial charge >= 0.3 is 5.97 Å². The predicted molar refractivity (Wildman–Crippen MR) is 35.6 cm³/mol. The van der Waals surface area contributed by atoms with Crippen LogP contribution in [-0.2, 0) is 4.79 Å². The SMILES string of the molecule is CC1C2CNC(C(=O)O)C12. The third-order valence-electron chi connectivity index (χ3n) is 2.86. The van der Waals surface area contributed by atoms with E-state index in [1.165, 1.54) is 0 Å². The van der Waals surface area contributed by atoms with Crippen LogP contribution in [0.3, 0.4) is 0 Å². The molecule has 2 rings (SSSR count). The highest BCUT2D eigenvalue weighted by atomic mass is 16.4. The van der Waals surface area contributed by atoms with Crippen LogP contribution in [0.25, 0.3) is 0 Å². The van der Waals surface area contributed by atoms with Crippen molar-refractivity contribution in [1.82, 2.24) is 5.32 Å². The monoisotopic (exact) mass is 141 g/mol. The van der Waals surface area contributed by atoms with Crippen LogP contribution in [0.4, 0.5) is 0 Å². The molecular formula is C7H11NO2. The molecule has 1 aliphatic carbocycles. The molecule has 2 aliphatic rings. The molecule has 1 aliphatic heterocycles. The molecule has 0 aromatic rings. The lowest BCUT2D eigenvalue weighted by Gasteiger charge is -2.07. The third-order valence-corrected chi connectivity index (χ3v) is 2.86. The van der Waals surface area contributed by atoms with Crippen molar-refractivity contribution < 1.29 is 9.90 Å². The van der Waals surface area contributed by atoms with Crippen molar-refractivity contribution in [3.63, 3.8) is 0 Å². The summed E-state index contributed by atoms with van der Waals surface area (Å²) >= 11 is 0. The van der Waals surface area contributed by atoms with E-state index in [4.69, 9.17) is 5.11 Å². The van der Waals surface area contributed by atoms with Gasteiger partial charge in [0.25, 0.3) is 0 Å². The molecule has 1 saturated heterocycles. The zero-order valence-electron chi connectivity index (χ0n) is 5.87. The number of hydrogen-bond acceptors (Lipinski definition) is 2. The van der Waals surface area contributed by atoms with Crippen molar-refractivity contribution in [3.8, 4) is 0 Å². The number of nitrogens with one attached hydrogen (secondary N) is 1. The molecular weight excluding hydrogens is 130 g/mol. The molecule has 56 valence electrons. The largest absolute Gasteiger partial charge is 0.480 e.